The molecule has 9 heteroatoms. The van der Waals surface area contributed by atoms with Gasteiger partial charge in [-0.05, 0) is 13.8 Å². The summed E-state index contributed by atoms with van der Waals surface area (Å²) in [6, 6.07) is 0.925. The summed E-state index contributed by atoms with van der Waals surface area (Å²) >= 11 is 0. The molecule has 20 heavy (non-hydrogen) atoms. The summed E-state index contributed by atoms with van der Waals surface area (Å²) in [4.78, 5) is 9.10. The van der Waals surface area contributed by atoms with Crippen molar-refractivity contribution in [3.63, 3.8) is 0 Å². The minimum absolute atomic E-state index is 0.175. The highest BCUT2D eigenvalue weighted by Gasteiger charge is 2.37. The fourth-order valence-electron chi connectivity index (χ4n) is 2.07. The van der Waals surface area contributed by atoms with Crippen LogP contribution in [0.2, 0.25) is 0 Å². The number of nitrogens with two attached hydrogens (primary N) is 1. The summed E-state index contributed by atoms with van der Waals surface area (Å²) in [5.74, 6) is 5.05. The van der Waals surface area contributed by atoms with E-state index in [1.165, 1.54) is 0 Å². The third kappa shape index (κ3) is 2.93. The smallest absolute Gasteiger partial charge is 0.377 e. The van der Waals surface area contributed by atoms with E-state index in [2.05, 4.69) is 15.4 Å². The molecule has 0 radical (unpaired) electrons. The zero-order valence-electron chi connectivity index (χ0n) is 11.2. The number of nitrogens with zero attached hydrogens (tertiary/aromatic N) is 3. The summed E-state index contributed by atoms with van der Waals surface area (Å²) in [6.07, 6.45) is -4.56. The molecular formula is C11H16F3N5O. The highest BCUT2D eigenvalue weighted by molar-refractivity contribution is 5.47. The molecule has 0 aromatic carbocycles. The molecule has 0 amide bonds. The van der Waals surface area contributed by atoms with Crippen molar-refractivity contribution in [3.8, 4) is 0 Å². The highest BCUT2D eigenvalue weighted by atomic mass is 19.4. The SMILES string of the molecule is CC1(C)COCCN1c1cc(C(F)(F)F)nc(NN)n1. The number of alkyl halides is 3. The first-order valence-electron chi connectivity index (χ1n) is 6.02. The van der Waals surface area contributed by atoms with Crippen LogP contribution in [-0.2, 0) is 10.9 Å². The van der Waals surface area contributed by atoms with Gasteiger partial charge in [-0.25, -0.2) is 10.8 Å². The van der Waals surface area contributed by atoms with Crippen LogP contribution in [0.3, 0.4) is 0 Å². The standard InChI is InChI=1S/C11H16F3N5O/c1-10(2)6-20-4-3-19(10)8-5-7(11(12,13)14)16-9(17-8)18-15/h5H,3-4,6,15H2,1-2H3,(H,16,17,18). The second-order valence-electron chi connectivity index (χ2n) is 5.09. The normalized spacial score (nSPS) is 19.0. The molecule has 0 aliphatic carbocycles. The minimum Gasteiger partial charge on any atom is -0.377 e. The first kappa shape index (κ1) is 14.8. The average molecular weight is 291 g/mol. The second-order valence-corrected chi connectivity index (χ2v) is 5.09. The van der Waals surface area contributed by atoms with E-state index in [0.717, 1.165) is 6.07 Å². The van der Waals surface area contributed by atoms with Crippen LogP contribution in [0.5, 0.6) is 0 Å². The fourth-order valence-corrected chi connectivity index (χ4v) is 2.07. The van der Waals surface area contributed by atoms with Crippen LogP contribution in [0.25, 0.3) is 0 Å². The largest absolute Gasteiger partial charge is 0.433 e. The van der Waals surface area contributed by atoms with Gasteiger partial charge in [0.05, 0.1) is 18.8 Å². The maximum atomic E-state index is 12.8. The van der Waals surface area contributed by atoms with E-state index >= 15 is 0 Å². The number of hydrazine groups is 1. The number of rotatable bonds is 2. The van der Waals surface area contributed by atoms with Gasteiger partial charge in [0, 0.05) is 12.6 Å². The van der Waals surface area contributed by atoms with Crippen LogP contribution in [0.1, 0.15) is 19.5 Å². The lowest BCUT2D eigenvalue weighted by molar-refractivity contribution is -0.141. The van der Waals surface area contributed by atoms with E-state index in [-0.39, 0.29) is 11.8 Å². The van der Waals surface area contributed by atoms with E-state index in [4.69, 9.17) is 10.6 Å². The van der Waals surface area contributed by atoms with E-state index in [0.29, 0.717) is 19.8 Å². The maximum absolute atomic E-state index is 12.8. The number of morpholine rings is 1. The molecule has 1 aromatic rings. The van der Waals surface area contributed by atoms with Gasteiger partial charge in [-0.2, -0.15) is 18.2 Å². The number of halogens is 3. The molecule has 0 bridgehead atoms. The van der Waals surface area contributed by atoms with Crippen LogP contribution in [0.15, 0.2) is 6.07 Å². The molecule has 1 aromatic heterocycles. The van der Waals surface area contributed by atoms with Gasteiger partial charge in [0.2, 0.25) is 5.95 Å². The number of nitrogens with one attached hydrogen (secondary N) is 1. The molecule has 1 aliphatic rings. The molecule has 6 nitrogen and oxygen atoms in total. The van der Waals surface area contributed by atoms with Crippen molar-refractivity contribution in [1.29, 1.82) is 0 Å². The minimum atomic E-state index is -4.56. The molecule has 2 heterocycles. The highest BCUT2D eigenvalue weighted by Crippen LogP contribution is 2.33. The summed E-state index contributed by atoms with van der Waals surface area (Å²) in [5, 5.41) is 0. The van der Waals surface area contributed by atoms with Gasteiger partial charge in [-0.3, -0.25) is 5.43 Å². The van der Waals surface area contributed by atoms with Gasteiger partial charge in [0.25, 0.3) is 0 Å². The number of aromatic nitrogens is 2. The maximum Gasteiger partial charge on any atom is 0.433 e. The van der Waals surface area contributed by atoms with Gasteiger partial charge in [0.15, 0.2) is 5.69 Å². The van der Waals surface area contributed by atoms with Crippen LogP contribution >= 0.6 is 0 Å². The molecule has 2 rings (SSSR count). The molecule has 1 fully saturated rings. The average Bonchev–Trinajstić information content (AvgIpc) is 2.36. The molecule has 0 unspecified atom stereocenters. The van der Waals surface area contributed by atoms with Gasteiger partial charge in [-0.1, -0.05) is 0 Å². The van der Waals surface area contributed by atoms with Crippen molar-refractivity contribution >= 4 is 11.8 Å². The van der Waals surface area contributed by atoms with E-state index in [9.17, 15) is 13.2 Å². The van der Waals surface area contributed by atoms with E-state index in [1.54, 1.807) is 4.90 Å². The van der Waals surface area contributed by atoms with Gasteiger partial charge in [0.1, 0.15) is 5.82 Å². The van der Waals surface area contributed by atoms with Crippen molar-refractivity contribution in [2.75, 3.05) is 30.1 Å². The molecule has 112 valence electrons. The van der Waals surface area contributed by atoms with Gasteiger partial charge < -0.3 is 9.64 Å². The van der Waals surface area contributed by atoms with Gasteiger partial charge in [-0.15, -0.1) is 0 Å². The Morgan fingerprint density at radius 1 is 1.40 bits per heavy atom. The Bertz CT molecular complexity index is 491. The number of nitrogen functional groups attached to an aromatic ring is 1. The van der Waals surface area contributed by atoms with Gasteiger partial charge >= 0.3 is 6.18 Å². The second kappa shape index (κ2) is 5.06. The number of hydrogen-bond donors (Lipinski definition) is 2. The Labute approximate surface area is 114 Å². The van der Waals surface area contributed by atoms with Crippen molar-refractivity contribution in [3.05, 3.63) is 11.8 Å². The number of ether oxygens (including phenoxy) is 1. The first-order chi connectivity index (χ1) is 9.24. The Morgan fingerprint density at radius 2 is 2.10 bits per heavy atom. The third-order valence-corrected chi connectivity index (χ3v) is 3.05. The fraction of sp³-hybridized carbons (Fsp3) is 0.636. The number of anilines is 2. The number of hydrogen-bond acceptors (Lipinski definition) is 6. The Balaban J connectivity index is 2.45. The summed E-state index contributed by atoms with van der Waals surface area (Å²) in [6.45, 7) is 5.03. The topological polar surface area (TPSA) is 76.3 Å². The van der Waals surface area contributed by atoms with Crippen LogP contribution in [-0.4, -0.2) is 35.3 Å². The lowest BCUT2D eigenvalue weighted by Gasteiger charge is -2.43. The molecule has 0 atom stereocenters. The zero-order valence-corrected chi connectivity index (χ0v) is 11.2. The van der Waals surface area contributed by atoms with Crippen molar-refractivity contribution < 1.29 is 17.9 Å². The quantitative estimate of drug-likeness (QED) is 0.633. The molecule has 0 spiro atoms. The molecule has 3 N–H and O–H groups in total. The summed E-state index contributed by atoms with van der Waals surface area (Å²) in [7, 11) is 0. The van der Waals surface area contributed by atoms with Crippen molar-refractivity contribution in [1.82, 2.24) is 9.97 Å². The van der Waals surface area contributed by atoms with Crippen LogP contribution in [0, 0.1) is 0 Å². The zero-order chi connectivity index (χ0) is 15.0. The van der Waals surface area contributed by atoms with Crippen molar-refractivity contribution in [2.45, 2.75) is 25.6 Å². The third-order valence-electron chi connectivity index (χ3n) is 3.05. The Morgan fingerprint density at radius 3 is 2.65 bits per heavy atom. The van der Waals surface area contributed by atoms with Crippen LogP contribution in [0.4, 0.5) is 24.9 Å². The summed E-state index contributed by atoms with van der Waals surface area (Å²) < 4.78 is 43.9. The Hall–Kier alpha value is -1.61. The molecule has 1 saturated heterocycles. The lowest BCUT2D eigenvalue weighted by Crippen LogP contribution is -2.53. The molecule has 0 saturated carbocycles. The lowest BCUT2D eigenvalue weighted by atomic mass is 10.0. The van der Waals surface area contributed by atoms with Crippen molar-refractivity contribution in [2.24, 2.45) is 5.84 Å². The predicted molar refractivity (Wildman–Crippen MR) is 67.1 cm³/mol. The molecule has 1 aliphatic heterocycles. The predicted octanol–water partition coefficient (Wildman–Crippen LogP) is 1.40. The first-order valence-corrected chi connectivity index (χ1v) is 6.02. The molecular weight excluding hydrogens is 275 g/mol. The summed E-state index contributed by atoms with van der Waals surface area (Å²) in [5.41, 5.74) is 0.579. The monoisotopic (exact) mass is 291 g/mol. The Kier molecular flexibility index (Phi) is 3.74. The van der Waals surface area contributed by atoms with E-state index < -0.39 is 17.4 Å². The van der Waals surface area contributed by atoms with Crippen LogP contribution < -0.4 is 16.2 Å². The van der Waals surface area contributed by atoms with E-state index in [1.807, 2.05) is 13.8 Å².